The molecule has 112 valence electrons. The van der Waals surface area contributed by atoms with Crippen LogP contribution in [0.15, 0.2) is 29.2 Å². The summed E-state index contributed by atoms with van der Waals surface area (Å²) in [5.74, 6) is 1.02. The van der Waals surface area contributed by atoms with Crippen molar-refractivity contribution >= 4 is 29.1 Å². The van der Waals surface area contributed by atoms with Crippen LogP contribution in [-0.2, 0) is 0 Å². The van der Waals surface area contributed by atoms with Crippen LogP contribution in [-0.4, -0.2) is 49.5 Å². The van der Waals surface area contributed by atoms with E-state index in [0.717, 1.165) is 36.9 Å². The van der Waals surface area contributed by atoms with Crippen LogP contribution in [0.4, 0.5) is 0 Å². The lowest BCUT2D eigenvalue weighted by atomic mass is 10.2. The van der Waals surface area contributed by atoms with Crippen LogP contribution in [0.5, 0.6) is 0 Å². The number of nitrogens with one attached hydrogen (secondary N) is 2. The first-order valence-corrected chi connectivity index (χ1v) is 8.33. The maximum absolute atomic E-state index is 5.24. The van der Waals surface area contributed by atoms with Gasteiger partial charge < -0.3 is 15.5 Å². The zero-order valence-corrected chi connectivity index (χ0v) is 14.2. The van der Waals surface area contributed by atoms with Gasteiger partial charge in [0.15, 0.2) is 5.11 Å². The Labute approximate surface area is 132 Å². The summed E-state index contributed by atoms with van der Waals surface area (Å²) >= 11 is 7.08. The molecule has 0 unspecified atom stereocenters. The zero-order chi connectivity index (χ0) is 14.8. The fraction of sp³-hybridized carbons (Fsp3) is 0.533. The number of benzene rings is 1. The maximum atomic E-state index is 5.24. The monoisotopic (exact) mass is 311 g/mol. The average Bonchev–Trinajstić information content (AvgIpc) is 2.41. The molecule has 3 nitrogen and oxygen atoms in total. The van der Waals surface area contributed by atoms with Gasteiger partial charge in [0.25, 0.3) is 0 Å². The Hall–Kier alpha value is -0.780. The molecule has 0 radical (unpaired) electrons. The van der Waals surface area contributed by atoms with Crippen LogP contribution in [0.3, 0.4) is 0 Å². The van der Waals surface area contributed by atoms with E-state index in [1.165, 1.54) is 10.5 Å². The Bertz CT molecular complexity index is 391. The van der Waals surface area contributed by atoms with Crippen molar-refractivity contribution in [2.75, 3.05) is 39.5 Å². The molecule has 0 aliphatic heterocycles. The van der Waals surface area contributed by atoms with E-state index in [1.54, 1.807) is 0 Å². The molecule has 1 rings (SSSR count). The van der Waals surface area contributed by atoms with Gasteiger partial charge in [0.2, 0.25) is 0 Å². The smallest absolute Gasteiger partial charge is 0.166 e. The van der Waals surface area contributed by atoms with E-state index in [9.17, 15) is 0 Å². The lowest BCUT2D eigenvalue weighted by Crippen LogP contribution is -2.37. The van der Waals surface area contributed by atoms with Crippen LogP contribution < -0.4 is 10.6 Å². The second-order valence-electron chi connectivity index (χ2n) is 5.00. The number of rotatable bonds is 8. The van der Waals surface area contributed by atoms with Crippen molar-refractivity contribution in [3.8, 4) is 0 Å². The van der Waals surface area contributed by atoms with Crippen molar-refractivity contribution in [1.82, 2.24) is 15.5 Å². The number of thiocarbonyl (C=S) groups is 1. The number of hydrogen-bond acceptors (Lipinski definition) is 3. The Morgan fingerprint density at radius 1 is 1.15 bits per heavy atom. The van der Waals surface area contributed by atoms with Crippen molar-refractivity contribution in [2.24, 2.45) is 0 Å². The molecule has 0 aromatic heterocycles. The van der Waals surface area contributed by atoms with Gasteiger partial charge in [0.05, 0.1) is 0 Å². The van der Waals surface area contributed by atoms with E-state index in [1.807, 2.05) is 11.8 Å². The van der Waals surface area contributed by atoms with E-state index in [4.69, 9.17) is 12.2 Å². The van der Waals surface area contributed by atoms with Gasteiger partial charge in [0.1, 0.15) is 0 Å². The summed E-state index contributed by atoms with van der Waals surface area (Å²) in [4.78, 5) is 3.48. The van der Waals surface area contributed by atoms with Crippen LogP contribution >= 0.6 is 24.0 Å². The first kappa shape index (κ1) is 17.3. The summed E-state index contributed by atoms with van der Waals surface area (Å²) in [5, 5.41) is 7.22. The number of thioether (sulfide) groups is 1. The summed E-state index contributed by atoms with van der Waals surface area (Å²) in [6, 6.07) is 8.62. The van der Waals surface area contributed by atoms with Crippen molar-refractivity contribution in [3.05, 3.63) is 29.8 Å². The molecular weight excluding hydrogens is 286 g/mol. The van der Waals surface area contributed by atoms with E-state index in [0.29, 0.717) is 0 Å². The van der Waals surface area contributed by atoms with Crippen LogP contribution in [0.25, 0.3) is 0 Å². The molecule has 0 heterocycles. The van der Waals surface area contributed by atoms with Gasteiger partial charge in [-0.3, -0.25) is 0 Å². The van der Waals surface area contributed by atoms with Gasteiger partial charge in [-0.2, -0.15) is 0 Å². The molecular formula is C15H25N3S2. The Kier molecular flexibility index (Phi) is 8.65. The molecule has 0 aliphatic carbocycles. The normalized spacial score (nSPS) is 10.6. The first-order chi connectivity index (χ1) is 9.58. The fourth-order valence-corrected chi connectivity index (χ4v) is 2.60. The number of nitrogens with zero attached hydrogens (tertiary/aromatic N) is 1. The van der Waals surface area contributed by atoms with Crippen LogP contribution in [0, 0.1) is 6.92 Å². The predicted octanol–water partition coefficient (Wildman–Crippen LogP) is 2.50. The summed E-state index contributed by atoms with van der Waals surface area (Å²) in [6.45, 7) is 5.00. The largest absolute Gasteiger partial charge is 0.363 e. The SMILES string of the molecule is Cc1ccc(SCCNC(=S)NCCCN(C)C)cc1. The third-order valence-corrected chi connectivity index (χ3v) is 4.05. The third-order valence-electron chi connectivity index (χ3n) is 2.74. The Balaban J connectivity index is 2.03. The van der Waals surface area contributed by atoms with Crippen LogP contribution in [0.2, 0.25) is 0 Å². The summed E-state index contributed by atoms with van der Waals surface area (Å²) < 4.78 is 0. The van der Waals surface area contributed by atoms with Crippen molar-refractivity contribution in [3.63, 3.8) is 0 Å². The molecule has 5 heteroatoms. The molecule has 1 aromatic rings. The summed E-state index contributed by atoms with van der Waals surface area (Å²) in [7, 11) is 4.16. The van der Waals surface area contributed by atoms with Gasteiger partial charge in [-0.05, 0) is 58.3 Å². The molecule has 0 fully saturated rings. The second kappa shape index (κ2) is 10.0. The van der Waals surface area contributed by atoms with Gasteiger partial charge in [0, 0.05) is 23.7 Å². The molecule has 0 aliphatic rings. The minimum Gasteiger partial charge on any atom is -0.363 e. The Morgan fingerprint density at radius 3 is 2.45 bits per heavy atom. The van der Waals surface area contributed by atoms with Gasteiger partial charge in [-0.25, -0.2) is 0 Å². The average molecular weight is 312 g/mol. The highest BCUT2D eigenvalue weighted by Crippen LogP contribution is 2.17. The number of hydrogen-bond donors (Lipinski definition) is 2. The van der Waals surface area contributed by atoms with Gasteiger partial charge in [-0.15, -0.1) is 11.8 Å². The molecule has 0 spiro atoms. The van der Waals surface area contributed by atoms with Crippen molar-refractivity contribution < 1.29 is 0 Å². The summed E-state index contributed by atoms with van der Waals surface area (Å²) in [5.41, 5.74) is 1.30. The highest BCUT2D eigenvalue weighted by atomic mass is 32.2. The zero-order valence-electron chi connectivity index (χ0n) is 12.6. The number of aryl methyl sites for hydroxylation is 1. The van der Waals surface area contributed by atoms with E-state index in [-0.39, 0.29) is 0 Å². The quantitative estimate of drug-likeness (QED) is 0.437. The topological polar surface area (TPSA) is 27.3 Å². The molecule has 0 bridgehead atoms. The lowest BCUT2D eigenvalue weighted by molar-refractivity contribution is 0.400. The Morgan fingerprint density at radius 2 is 1.80 bits per heavy atom. The molecule has 1 aromatic carbocycles. The minimum atomic E-state index is 0.758. The van der Waals surface area contributed by atoms with Crippen LogP contribution in [0.1, 0.15) is 12.0 Å². The van der Waals surface area contributed by atoms with Crippen molar-refractivity contribution in [2.45, 2.75) is 18.2 Å². The van der Waals surface area contributed by atoms with E-state index >= 15 is 0 Å². The third kappa shape index (κ3) is 8.40. The standard InChI is InChI=1S/C15H25N3S2/c1-13-5-7-14(8-6-13)20-12-10-17-15(19)16-9-4-11-18(2)3/h5-8H,4,9-12H2,1-3H3,(H2,16,17,19). The highest BCUT2D eigenvalue weighted by molar-refractivity contribution is 7.99. The predicted molar refractivity (Wildman–Crippen MR) is 93.7 cm³/mol. The second-order valence-corrected chi connectivity index (χ2v) is 6.58. The molecule has 0 saturated carbocycles. The van der Waals surface area contributed by atoms with E-state index < -0.39 is 0 Å². The fourth-order valence-electron chi connectivity index (χ4n) is 1.63. The van der Waals surface area contributed by atoms with Gasteiger partial charge >= 0.3 is 0 Å². The van der Waals surface area contributed by atoms with E-state index in [2.05, 4.69) is 60.8 Å². The summed E-state index contributed by atoms with van der Waals surface area (Å²) in [6.07, 6.45) is 1.10. The van der Waals surface area contributed by atoms with Gasteiger partial charge in [-0.1, -0.05) is 17.7 Å². The molecule has 2 N–H and O–H groups in total. The molecule has 0 amide bonds. The minimum absolute atomic E-state index is 0.758. The molecule has 0 saturated heterocycles. The first-order valence-electron chi connectivity index (χ1n) is 6.94. The highest BCUT2D eigenvalue weighted by Gasteiger charge is 1.97. The van der Waals surface area contributed by atoms with Crippen molar-refractivity contribution in [1.29, 1.82) is 0 Å². The lowest BCUT2D eigenvalue weighted by Gasteiger charge is -2.12. The maximum Gasteiger partial charge on any atom is 0.166 e. The molecule has 0 atom stereocenters. The molecule has 20 heavy (non-hydrogen) atoms.